The molecule has 0 amide bonds. The molecule has 0 unspecified atom stereocenters. The normalized spacial score (nSPS) is 17.5. The number of nitrogens with two attached hydrogens (primary N) is 1. The van der Waals surface area contributed by atoms with Crippen LogP contribution < -0.4 is 5.84 Å². The third-order valence-corrected chi connectivity index (χ3v) is 2.55. The Kier molecular flexibility index (Phi) is 4.69. The maximum atomic E-state index is 5.62. The van der Waals surface area contributed by atoms with Crippen molar-refractivity contribution < 1.29 is 0 Å². The topological polar surface area (TPSA) is 29.3 Å². The minimum Gasteiger partial charge on any atom is -0.269 e. The Morgan fingerprint density at radius 3 is 1.91 bits per heavy atom. The lowest BCUT2D eigenvalue weighted by atomic mass is 9.92. The second-order valence-corrected chi connectivity index (χ2v) is 3.97. The lowest BCUT2D eigenvalue weighted by molar-refractivity contribution is 0.211. The highest BCUT2D eigenvalue weighted by Gasteiger charge is 2.13. The molecule has 0 aromatic rings. The maximum absolute atomic E-state index is 5.62. The van der Waals surface area contributed by atoms with Crippen molar-refractivity contribution in [2.45, 2.75) is 40.2 Å². The highest BCUT2D eigenvalue weighted by atomic mass is 15.4. The fraction of sp³-hybridized carbons (Fsp3) is 1.00. The standard InChI is InChI=1S/C9H22N2/c1-7(2)8(3)6-9(4)11(5)10/h7-9H,6,10H2,1-5H3/t8-,9-/m0/s1. The predicted octanol–water partition coefficient (Wildman–Crippen LogP) is 1.86. The molecule has 0 saturated carbocycles. The van der Waals surface area contributed by atoms with Crippen LogP contribution in [0.5, 0.6) is 0 Å². The molecule has 2 atom stereocenters. The van der Waals surface area contributed by atoms with Gasteiger partial charge in [0.05, 0.1) is 0 Å². The molecule has 0 radical (unpaired) electrons. The van der Waals surface area contributed by atoms with Crippen molar-refractivity contribution in [2.24, 2.45) is 17.7 Å². The van der Waals surface area contributed by atoms with E-state index in [0.29, 0.717) is 6.04 Å². The van der Waals surface area contributed by atoms with E-state index in [2.05, 4.69) is 27.7 Å². The van der Waals surface area contributed by atoms with Crippen LogP contribution in [-0.4, -0.2) is 18.1 Å². The van der Waals surface area contributed by atoms with E-state index in [1.807, 2.05) is 7.05 Å². The Balaban J connectivity index is 3.66. The lowest BCUT2D eigenvalue weighted by Crippen LogP contribution is -2.36. The highest BCUT2D eigenvalue weighted by molar-refractivity contribution is 4.65. The summed E-state index contributed by atoms with van der Waals surface area (Å²) in [6.07, 6.45) is 1.19. The van der Waals surface area contributed by atoms with Gasteiger partial charge in [-0.2, -0.15) is 0 Å². The maximum Gasteiger partial charge on any atom is 0.0212 e. The molecule has 0 aliphatic carbocycles. The van der Waals surface area contributed by atoms with Crippen molar-refractivity contribution >= 4 is 0 Å². The number of hydrogen-bond donors (Lipinski definition) is 1. The van der Waals surface area contributed by atoms with E-state index in [-0.39, 0.29) is 0 Å². The minimum atomic E-state index is 0.493. The van der Waals surface area contributed by atoms with E-state index in [1.165, 1.54) is 6.42 Å². The van der Waals surface area contributed by atoms with Gasteiger partial charge in [-0.25, -0.2) is 5.01 Å². The van der Waals surface area contributed by atoms with Gasteiger partial charge in [-0.15, -0.1) is 0 Å². The van der Waals surface area contributed by atoms with Crippen molar-refractivity contribution in [1.29, 1.82) is 0 Å². The van der Waals surface area contributed by atoms with Crippen LogP contribution in [0, 0.1) is 11.8 Å². The van der Waals surface area contributed by atoms with Gasteiger partial charge < -0.3 is 0 Å². The lowest BCUT2D eigenvalue weighted by Gasteiger charge is -2.24. The van der Waals surface area contributed by atoms with Gasteiger partial charge in [0.25, 0.3) is 0 Å². The molecule has 11 heavy (non-hydrogen) atoms. The molecule has 0 fully saturated rings. The molecule has 0 bridgehead atoms. The zero-order chi connectivity index (χ0) is 9.02. The van der Waals surface area contributed by atoms with Crippen LogP contribution in [0.4, 0.5) is 0 Å². The van der Waals surface area contributed by atoms with Gasteiger partial charge >= 0.3 is 0 Å². The zero-order valence-electron chi connectivity index (χ0n) is 8.46. The Hall–Kier alpha value is -0.0800. The third-order valence-electron chi connectivity index (χ3n) is 2.55. The van der Waals surface area contributed by atoms with Crippen molar-refractivity contribution in [3.63, 3.8) is 0 Å². The summed E-state index contributed by atoms with van der Waals surface area (Å²) >= 11 is 0. The second-order valence-electron chi connectivity index (χ2n) is 3.97. The average molecular weight is 158 g/mol. The second kappa shape index (κ2) is 4.73. The molecule has 2 N–H and O–H groups in total. The molecule has 0 spiro atoms. The highest BCUT2D eigenvalue weighted by Crippen LogP contribution is 2.16. The third kappa shape index (κ3) is 4.38. The quantitative estimate of drug-likeness (QED) is 0.500. The minimum absolute atomic E-state index is 0.493. The van der Waals surface area contributed by atoms with E-state index < -0.39 is 0 Å². The van der Waals surface area contributed by atoms with Gasteiger partial charge in [0.1, 0.15) is 0 Å². The Morgan fingerprint density at radius 2 is 1.64 bits per heavy atom. The van der Waals surface area contributed by atoms with Crippen molar-refractivity contribution in [3.05, 3.63) is 0 Å². The molecule has 0 aromatic heterocycles. The predicted molar refractivity (Wildman–Crippen MR) is 50.0 cm³/mol. The summed E-state index contributed by atoms with van der Waals surface area (Å²) in [5, 5.41) is 1.79. The van der Waals surface area contributed by atoms with Crippen LogP contribution >= 0.6 is 0 Å². The van der Waals surface area contributed by atoms with Gasteiger partial charge in [0, 0.05) is 13.1 Å². The first-order valence-electron chi connectivity index (χ1n) is 4.42. The average Bonchev–Trinajstić information content (AvgIpc) is 1.87. The van der Waals surface area contributed by atoms with Crippen molar-refractivity contribution in [1.82, 2.24) is 5.01 Å². The zero-order valence-corrected chi connectivity index (χ0v) is 8.46. The van der Waals surface area contributed by atoms with Gasteiger partial charge in [-0.3, -0.25) is 5.84 Å². The van der Waals surface area contributed by atoms with E-state index in [9.17, 15) is 0 Å². The number of hydrogen-bond acceptors (Lipinski definition) is 2. The fourth-order valence-electron chi connectivity index (χ4n) is 0.976. The Labute approximate surface area is 70.7 Å². The number of hydrazine groups is 1. The Morgan fingerprint density at radius 1 is 1.18 bits per heavy atom. The molecule has 0 aliphatic rings. The van der Waals surface area contributed by atoms with E-state index in [4.69, 9.17) is 5.84 Å². The molecular formula is C9H22N2. The summed E-state index contributed by atoms with van der Waals surface area (Å²) in [4.78, 5) is 0. The summed E-state index contributed by atoms with van der Waals surface area (Å²) in [7, 11) is 1.93. The van der Waals surface area contributed by atoms with Crippen molar-refractivity contribution in [3.8, 4) is 0 Å². The first-order valence-corrected chi connectivity index (χ1v) is 4.42. The summed E-state index contributed by atoms with van der Waals surface area (Å²) in [6.45, 7) is 8.96. The van der Waals surface area contributed by atoms with Crippen molar-refractivity contribution in [2.75, 3.05) is 7.05 Å². The molecule has 68 valence electrons. The summed E-state index contributed by atoms with van der Waals surface area (Å²) in [5.74, 6) is 7.14. The monoisotopic (exact) mass is 158 g/mol. The molecule has 0 heterocycles. The number of nitrogens with zero attached hydrogens (tertiary/aromatic N) is 1. The van der Waals surface area contributed by atoms with Crippen LogP contribution in [0.25, 0.3) is 0 Å². The van der Waals surface area contributed by atoms with Gasteiger partial charge in [0.2, 0.25) is 0 Å². The molecular weight excluding hydrogens is 136 g/mol. The van der Waals surface area contributed by atoms with Gasteiger partial charge in [-0.05, 0) is 25.2 Å². The van der Waals surface area contributed by atoms with E-state index >= 15 is 0 Å². The first kappa shape index (κ1) is 10.9. The SMILES string of the molecule is CC(C)[C@@H](C)C[C@H](C)N(C)N. The fourth-order valence-corrected chi connectivity index (χ4v) is 0.976. The molecule has 0 rings (SSSR count). The molecule has 0 saturated heterocycles. The first-order chi connectivity index (χ1) is 4.95. The van der Waals surface area contributed by atoms with Gasteiger partial charge in [0.15, 0.2) is 0 Å². The summed E-state index contributed by atoms with van der Waals surface area (Å²) in [6, 6.07) is 0.493. The smallest absolute Gasteiger partial charge is 0.0212 e. The van der Waals surface area contributed by atoms with E-state index in [1.54, 1.807) is 5.01 Å². The van der Waals surface area contributed by atoms with Crippen LogP contribution in [-0.2, 0) is 0 Å². The van der Waals surface area contributed by atoms with Crippen LogP contribution in [0.3, 0.4) is 0 Å². The molecule has 0 aliphatic heterocycles. The molecule has 2 nitrogen and oxygen atoms in total. The Bertz CT molecular complexity index is 87.7. The molecule has 0 aromatic carbocycles. The molecule has 2 heteroatoms. The summed E-state index contributed by atoms with van der Waals surface area (Å²) < 4.78 is 0. The van der Waals surface area contributed by atoms with Crippen LogP contribution in [0.1, 0.15) is 34.1 Å². The number of rotatable bonds is 4. The summed E-state index contributed by atoms with van der Waals surface area (Å²) in [5.41, 5.74) is 0. The largest absolute Gasteiger partial charge is 0.269 e. The van der Waals surface area contributed by atoms with Crippen LogP contribution in [0.2, 0.25) is 0 Å². The van der Waals surface area contributed by atoms with Crippen LogP contribution in [0.15, 0.2) is 0 Å². The van der Waals surface area contributed by atoms with E-state index in [0.717, 1.165) is 11.8 Å². The van der Waals surface area contributed by atoms with Gasteiger partial charge in [-0.1, -0.05) is 20.8 Å².